The Morgan fingerprint density at radius 3 is 2.78 bits per heavy atom. The summed E-state index contributed by atoms with van der Waals surface area (Å²) >= 11 is 3.30. The fourth-order valence-electron chi connectivity index (χ4n) is 1.54. The molecule has 5 heteroatoms. The Balaban J connectivity index is 0.00000289. The summed E-state index contributed by atoms with van der Waals surface area (Å²) < 4.78 is 5.96. The van der Waals surface area contributed by atoms with E-state index in [4.69, 9.17) is 10.5 Å². The molecular weight excluding hydrogens is 318 g/mol. The molecule has 0 radical (unpaired) electrons. The minimum Gasteiger partial charge on any atom is -0.503 e. The van der Waals surface area contributed by atoms with Crippen LogP contribution in [0.3, 0.4) is 0 Å². The molecular formula is C13H19BrClNO2. The van der Waals surface area contributed by atoms with Gasteiger partial charge in [0.2, 0.25) is 0 Å². The molecule has 1 aromatic carbocycles. The van der Waals surface area contributed by atoms with Gasteiger partial charge in [-0.25, -0.2) is 0 Å². The van der Waals surface area contributed by atoms with E-state index in [2.05, 4.69) is 22.5 Å². The van der Waals surface area contributed by atoms with Gasteiger partial charge in [0.25, 0.3) is 0 Å². The van der Waals surface area contributed by atoms with E-state index < -0.39 is 0 Å². The molecule has 0 fully saturated rings. The van der Waals surface area contributed by atoms with Crippen molar-refractivity contribution in [3.05, 3.63) is 34.8 Å². The summed E-state index contributed by atoms with van der Waals surface area (Å²) in [7, 11) is 0. The summed E-state index contributed by atoms with van der Waals surface area (Å²) in [5, 5.41) is 9.78. The molecule has 1 atom stereocenters. The summed E-state index contributed by atoms with van der Waals surface area (Å²) in [4.78, 5) is 0. The maximum absolute atomic E-state index is 9.78. The topological polar surface area (TPSA) is 55.5 Å². The quantitative estimate of drug-likeness (QED) is 0.774. The van der Waals surface area contributed by atoms with Gasteiger partial charge in [0, 0.05) is 6.04 Å². The Bertz CT molecular complexity index is 399. The first-order valence-electron chi connectivity index (χ1n) is 5.61. The third-order valence-corrected chi connectivity index (χ3v) is 3.07. The van der Waals surface area contributed by atoms with Crippen LogP contribution in [0.2, 0.25) is 0 Å². The number of benzene rings is 1. The van der Waals surface area contributed by atoms with Crippen molar-refractivity contribution in [2.75, 3.05) is 6.61 Å². The van der Waals surface area contributed by atoms with Crippen molar-refractivity contribution in [2.45, 2.75) is 25.8 Å². The van der Waals surface area contributed by atoms with Crippen LogP contribution in [-0.4, -0.2) is 11.7 Å². The Kier molecular flexibility index (Phi) is 8.07. The zero-order valence-electron chi connectivity index (χ0n) is 10.4. The maximum atomic E-state index is 9.78. The van der Waals surface area contributed by atoms with Gasteiger partial charge < -0.3 is 15.6 Å². The van der Waals surface area contributed by atoms with Crippen LogP contribution in [0.15, 0.2) is 29.3 Å². The lowest BCUT2D eigenvalue weighted by molar-refractivity contribution is 0.316. The third kappa shape index (κ3) is 4.52. The van der Waals surface area contributed by atoms with E-state index in [1.54, 1.807) is 6.07 Å². The zero-order chi connectivity index (χ0) is 12.8. The molecule has 1 rings (SSSR count). The molecule has 18 heavy (non-hydrogen) atoms. The van der Waals surface area contributed by atoms with Gasteiger partial charge in [0.15, 0.2) is 11.5 Å². The van der Waals surface area contributed by atoms with Crippen LogP contribution in [0.1, 0.15) is 31.4 Å². The minimum atomic E-state index is -0.0795. The first kappa shape index (κ1) is 17.3. The predicted octanol–water partition coefficient (Wildman–Crippen LogP) is 3.94. The predicted molar refractivity (Wildman–Crippen MR) is 80.6 cm³/mol. The second-order valence-corrected chi connectivity index (χ2v) is 4.61. The molecule has 0 amide bonds. The number of ether oxygens (including phenoxy) is 1. The van der Waals surface area contributed by atoms with Gasteiger partial charge in [0.1, 0.15) is 0 Å². The number of aromatic hydroxyl groups is 1. The highest BCUT2D eigenvalue weighted by Crippen LogP contribution is 2.37. The molecule has 0 aromatic heterocycles. The van der Waals surface area contributed by atoms with Crippen molar-refractivity contribution in [1.29, 1.82) is 0 Å². The van der Waals surface area contributed by atoms with Crippen molar-refractivity contribution in [3.63, 3.8) is 0 Å². The number of phenolic OH excluding ortho intramolecular Hbond substituents is 1. The molecule has 0 saturated carbocycles. The lowest BCUT2D eigenvalue weighted by Crippen LogP contribution is -2.10. The molecule has 0 aliphatic carbocycles. The van der Waals surface area contributed by atoms with E-state index in [-0.39, 0.29) is 24.2 Å². The van der Waals surface area contributed by atoms with Crippen molar-refractivity contribution in [1.82, 2.24) is 0 Å². The number of allylic oxidation sites excluding steroid dienone is 1. The smallest absolute Gasteiger partial charge is 0.172 e. The van der Waals surface area contributed by atoms with Crippen LogP contribution in [0.4, 0.5) is 0 Å². The lowest BCUT2D eigenvalue weighted by atomic mass is 10.0. The summed E-state index contributed by atoms with van der Waals surface area (Å²) in [6.45, 7) is 6.05. The lowest BCUT2D eigenvalue weighted by Gasteiger charge is -2.15. The second kappa shape index (κ2) is 8.40. The molecule has 0 aliphatic heterocycles. The third-order valence-electron chi connectivity index (χ3n) is 2.46. The summed E-state index contributed by atoms with van der Waals surface area (Å²) in [5.41, 5.74) is 7.00. The van der Waals surface area contributed by atoms with Crippen LogP contribution in [0.5, 0.6) is 11.5 Å². The van der Waals surface area contributed by atoms with Gasteiger partial charge in [-0.15, -0.1) is 19.0 Å². The number of hydrogen-bond donors (Lipinski definition) is 2. The van der Waals surface area contributed by atoms with Crippen LogP contribution in [-0.2, 0) is 0 Å². The first-order valence-corrected chi connectivity index (χ1v) is 6.41. The summed E-state index contributed by atoms with van der Waals surface area (Å²) in [6.07, 6.45) is 3.54. The van der Waals surface area contributed by atoms with E-state index >= 15 is 0 Å². The fourth-order valence-corrected chi connectivity index (χ4v) is 2.00. The highest BCUT2D eigenvalue weighted by atomic mass is 79.9. The van der Waals surface area contributed by atoms with E-state index in [0.717, 1.165) is 18.4 Å². The van der Waals surface area contributed by atoms with E-state index in [1.807, 2.05) is 19.1 Å². The van der Waals surface area contributed by atoms with Crippen LogP contribution >= 0.6 is 28.3 Å². The fraction of sp³-hybridized carbons (Fsp3) is 0.385. The Morgan fingerprint density at radius 2 is 2.22 bits per heavy atom. The van der Waals surface area contributed by atoms with Gasteiger partial charge >= 0.3 is 0 Å². The minimum absolute atomic E-state index is 0. The monoisotopic (exact) mass is 335 g/mol. The van der Waals surface area contributed by atoms with Crippen molar-refractivity contribution < 1.29 is 9.84 Å². The number of nitrogens with two attached hydrogens (primary N) is 1. The highest BCUT2D eigenvalue weighted by molar-refractivity contribution is 9.10. The molecule has 102 valence electrons. The summed E-state index contributed by atoms with van der Waals surface area (Å²) in [6, 6.07) is 3.53. The van der Waals surface area contributed by atoms with Gasteiger partial charge in [0.05, 0.1) is 11.1 Å². The average Bonchev–Trinajstić information content (AvgIpc) is 2.31. The molecule has 0 aliphatic rings. The Hall–Kier alpha value is -0.710. The van der Waals surface area contributed by atoms with Crippen LogP contribution < -0.4 is 10.5 Å². The van der Waals surface area contributed by atoms with Crippen LogP contribution in [0, 0.1) is 0 Å². The normalized spacial score (nSPS) is 11.5. The number of rotatable bonds is 6. The molecule has 3 nitrogen and oxygen atoms in total. The Morgan fingerprint density at radius 1 is 1.56 bits per heavy atom. The largest absolute Gasteiger partial charge is 0.503 e. The zero-order valence-corrected chi connectivity index (χ0v) is 12.8. The Labute approximate surface area is 123 Å². The molecule has 0 bridgehead atoms. The number of hydrogen-bond acceptors (Lipinski definition) is 3. The molecule has 0 unspecified atom stereocenters. The first-order chi connectivity index (χ1) is 8.10. The van der Waals surface area contributed by atoms with Crippen LogP contribution in [0.25, 0.3) is 0 Å². The highest BCUT2D eigenvalue weighted by Gasteiger charge is 2.13. The SMILES string of the molecule is C=CCC[C@H](N)c1cc(Br)c(O)c(OCC)c1.Cl. The molecule has 0 saturated heterocycles. The van der Waals surface area contributed by atoms with Gasteiger partial charge in [-0.1, -0.05) is 6.08 Å². The van der Waals surface area contributed by atoms with Gasteiger partial charge in [-0.3, -0.25) is 0 Å². The van der Waals surface area contributed by atoms with E-state index in [0.29, 0.717) is 16.8 Å². The summed E-state index contributed by atoms with van der Waals surface area (Å²) in [5.74, 6) is 0.581. The average molecular weight is 337 g/mol. The van der Waals surface area contributed by atoms with E-state index in [1.165, 1.54) is 0 Å². The van der Waals surface area contributed by atoms with Gasteiger partial charge in [-0.2, -0.15) is 0 Å². The van der Waals surface area contributed by atoms with Crippen molar-refractivity contribution in [2.24, 2.45) is 5.73 Å². The van der Waals surface area contributed by atoms with E-state index in [9.17, 15) is 5.11 Å². The van der Waals surface area contributed by atoms with Crippen molar-refractivity contribution in [3.8, 4) is 11.5 Å². The number of halogens is 2. The van der Waals surface area contributed by atoms with Gasteiger partial charge in [-0.05, 0) is 53.4 Å². The molecule has 0 spiro atoms. The standard InChI is InChI=1S/C13H18BrNO2.ClH/c1-3-5-6-11(15)9-7-10(14)13(16)12(8-9)17-4-2;/h3,7-8,11,16H,1,4-6,15H2,2H3;1H/t11-;/m0./s1. The molecule has 3 N–H and O–H groups in total. The number of phenols is 1. The molecule has 0 heterocycles. The van der Waals surface area contributed by atoms with Crippen molar-refractivity contribution >= 4 is 28.3 Å². The molecule has 1 aromatic rings. The second-order valence-electron chi connectivity index (χ2n) is 3.76. The maximum Gasteiger partial charge on any atom is 0.172 e.